The van der Waals surface area contributed by atoms with E-state index in [0.717, 1.165) is 6.42 Å². The fourth-order valence-corrected chi connectivity index (χ4v) is 2.15. The highest BCUT2D eigenvalue weighted by Gasteiger charge is 2.09. The van der Waals surface area contributed by atoms with Crippen LogP contribution in [0.5, 0.6) is 0 Å². The summed E-state index contributed by atoms with van der Waals surface area (Å²) in [5.74, 6) is 0.374. The van der Waals surface area contributed by atoms with Crippen LogP contribution in [0, 0.1) is 5.92 Å². The molecular weight excluding hydrogens is 208 g/mol. The number of amides is 1. The topological polar surface area (TPSA) is 55.1 Å². The third-order valence-electron chi connectivity index (χ3n) is 2.17. The van der Waals surface area contributed by atoms with Crippen molar-refractivity contribution in [1.29, 1.82) is 0 Å². The Morgan fingerprint density at radius 1 is 1.60 bits per heavy atom. The number of hydrogen-bond donors (Lipinski definition) is 2. The first kappa shape index (κ1) is 12.2. The minimum Gasteiger partial charge on any atom is -0.354 e. The van der Waals surface area contributed by atoms with E-state index in [1.807, 2.05) is 6.07 Å². The van der Waals surface area contributed by atoms with Gasteiger partial charge in [-0.2, -0.15) is 0 Å². The molecule has 1 aromatic rings. The van der Waals surface area contributed by atoms with Crippen LogP contribution in [-0.2, 0) is 11.2 Å². The van der Waals surface area contributed by atoms with Crippen LogP contribution in [0.15, 0.2) is 17.5 Å². The molecule has 3 N–H and O–H groups in total. The lowest BCUT2D eigenvalue weighted by atomic mass is 10.1. The summed E-state index contributed by atoms with van der Waals surface area (Å²) in [7, 11) is 0. The summed E-state index contributed by atoms with van der Waals surface area (Å²) in [6.45, 7) is 4.51. The molecule has 4 heteroatoms. The Labute approximate surface area is 94.7 Å². The van der Waals surface area contributed by atoms with Crippen LogP contribution in [0.2, 0.25) is 0 Å². The zero-order valence-electron chi connectivity index (χ0n) is 9.19. The predicted molar refractivity (Wildman–Crippen MR) is 63.8 cm³/mol. The van der Waals surface area contributed by atoms with Gasteiger partial charge in [-0.15, -0.1) is 11.3 Å². The average Bonchev–Trinajstić information content (AvgIpc) is 2.66. The Morgan fingerprint density at radius 3 is 2.87 bits per heavy atom. The monoisotopic (exact) mass is 226 g/mol. The molecule has 0 aliphatic rings. The summed E-state index contributed by atoms with van der Waals surface area (Å²) in [6, 6.07) is 3.75. The molecule has 84 valence electrons. The number of rotatable bonds is 5. The van der Waals surface area contributed by atoms with E-state index >= 15 is 0 Å². The van der Waals surface area contributed by atoms with E-state index in [9.17, 15) is 4.79 Å². The second-order valence-corrected chi connectivity index (χ2v) is 4.95. The lowest BCUT2D eigenvalue weighted by Gasteiger charge is -2.12. The van der Waals surface area contributed by atoms with Crippen molar-refractivity contribution in [3.05, 3.63) is 22.4 Å². The van der Waals surface area contributed by atoms with Gasteiger partial charge in [0.05, 0.1) is 6.04 Å². The van der Waals surface area contributed by atoms with E-state index < -0.39 is 6.04 Å². The van der Waals surface area contributed by atoms with Crippen molar-refractivity contribution in [2.45, 2.75) is 26.3 Å². The molecule has 0 fully saturated rings. The summed E-state index contributed by atoms with van der Waals surface area (Å²) < 4.78 is 0. The summed E-state index contributed by atoms with van der Waals surface area (Å²) >= 11 is 1.75. The quantitative estimate of drug-likeness (QED) is 0.797. The standard InChI is InChI=1S/C11H18N2OS/c1-8(6-10-4-3-5-15-10)7-13-11(14)9(2)12/h3-5,8-9H,6-7,12H2,1-2H3,(H,13,14)/t8?,9-/m0/s1. The molecule has 0 aliphatic heterocycles. The molecule has 0 spiro atoms. The fraction of sp³-hybridized carbons (Fsp3) is 0.545. The molecule has 0 bridgehead atoms. The maximum absolute atomic E-state index is 11.2. The van der Waals surface area contributed by atoms with Gasteiger partial charge in [-0.3, -0.25) is 4.79 Å². The first-order valence-corrected chi connectivity index (χ1v) is 6.03. The van der Waals surface area contributed by atoms with E-state index in [4.69, 9.17) is 5.73 Å². The molecule has 0 saturated heterocycles. The zero-order chi connectivity index (χ0) is 11.3. The lowest BCUT2D eigenvalue weighted by molar-refractivity contribution is -0.122. The zero-order valence-corrected chi connectivity index (χ0v) is 10.0. The van der Waals surface area contributed by atoms with Gasteiger partial charge in [-0.25, -0.2) is 0 Å². The van der Waals surface area contributed by atoms with Crippen molar-refractivity contribution < 1.29 is 4.79 Å². The van der Waals surface area contributed by atoms with Gasteiger partial charge < -0.3 is 11.1 Å². The molecule has 1 unspecified atom stereocenters. The van der Waals surface area contributed by atoms with Crippen molar-refractivity contribution in [3.8, 4) is 0 Å². The van der Waals surface area contributed by atoms with Crippen molar-refractivity contribution in [2.24, 2.45) is 11.7 Å². The number of carbonyl (C=O) groups excluding carboxylic acids is 1. The summed E-state index contributed by atoms with van der Waals surface area (Å²) in [6.07, 6.45) is 1.01. The molecule has 2 atom stereocenters. The summed E-state index contributed by atoms with van der Waals surface area (Å²) in [5.41, 5.74) is 5.45. The second-order valence-electron chi connectivity index (χ2n) is 3.92. The molecular formula is C11H18N2OS. The van der Waals surface area contributed by atoms with E-state index in [0.29, 0.717) is 12.5 Å². The van der Waals surface area contributed by atoms with Crippen LogP contribution in [0.25, 0.3) is 0 Å². The Balaban J connectivity index is 2.25. The molecule has 1 aromatic heterocycles. The van der Waals surface area contributed by atoms with Crippen LogP contribution in [0.1, 0.15) is 18.7 Å². The SMILES string of the molecule is CC(CNC(=O)[C@H](C)N)Cc1cccs1. The molecule has 0 saturated carbocycles. The van der Waals surface area contributed by atoms with Crippen molar-refractivity contribution >= 4 is 17.2 Å². The maximum atomic E-state index is 11.2. The second kappa shape index (κ2) is 5.88. The van der Waals surface area contributed by atoms with Gasteiger partial charge in [-0.05, 0) is 30.7 Å². The van der Waals surface area contributed by atoms with Crippen LogP contribution >= 0.6 is 11.3 Å². The minimum atomic E-state index is -0.418. The van der Waals surface area contributed by atoms with Crippen LogP contribution in [0.3, 0.4) is 0 Å². The highest BCUT2D eigenvalue weighted by atomic mass is 32.1. The molecule has 0 radical (unpaired) electrons. The van der Waals surface area contributed by atoms with Gasteiger partial charge in [0, 0.05) is 11.4 Å². The Kier molecular flexibility index (Phi) is 4.78. The van der Waals surface area contributed by atoms with Gasteiger partial charge in [0.2, 0.25) is 5.91 Å². The van der Waals surface area contributed by atoms with Crippen molar-refractivity contribution in [3.63, 3.8) is 0 Å². The Bertz CT molecular complexity index is 296. The first-order chi connectivity index (χ1) is 7.09. The Hall–Kier alpha value is -0.870. The number of hydrogen-bond acceptors (Lipinski definition) is 3. The number of nitrogens with two attached hydrogens (primary N) is 1. The van der Waals surface area contributed by atoms with Gasteiger partial charge >= 0.3 is 0 Å². The molecule has 1 heterocycles. The van der Waals surface area contributed by atoms with Gasteiger partial charge in [0.15, 0.2) is 0 Å². The maximum Gasteiger partial charge on any atom is 0.236 e. The smallest absolute Gasteiger partial charge is 0.236 e. The fourth-order valence-electron chi connectivity index (χ4n) is 1.28. The number of nitrogens with one attached hydrogen (secondary N) is 1. The van der Waals surface area contributed by atoms with E-state index in [-0.39, 0.29) is 5.91 Å². The number of thiophene rings is 1. The van der Waals surface area contributed by atoms with Gasteiger partial charge in [-0.1, -0.05) is 13.0 Å². The highest BCUT2D eigenvalue weighted by Crippen LogP contribution is 2.13. The van der Waals surface area contributed by atoms with Crippen LogP contribution in [-0.4, -0.2) is 18.5 Å². The Morgan fingerprint density at radius 2 is 2.33 bits per heavy atom. The third kappa shape index (κ3) is 4.44. The molecule has 1 rings (SSSR count). The van der Waals surface area contributed by atoms with E-state index in [1.165, 1.54) is 4.88 Å². The highest BCUT2D eigenvalue weighted by molar-refractivity contribution is 7.09. The normalized spacial score (nSPS) is 14.6. The van der Waals surface area contributed by atoms with E-state index in [2.05, 4.69) is 23.7 Å². The molecule has 1 amide bonds. The lowest BCUT2D eigenvalue weighted by Crippen LogP contribution is -2.40. The molecule has 0 aromatic carbocycles. The number of carbonyl (C=O) groups is 1. The minimum absolute atomic E-state index is 0.0759. The first-order valence-electron chi connectivity index (χ1n) is 5.15. The van der Waals surface area contributed by atoms with Gasteiger partial charge in [0.1, 0.15) is 0 Å². The average molecular weight is 226 g/mol. The molecule has 15 heavy (non-hydrogen) atoms. The largest absolute Gasteiger partial charge is 0.354 e. The summed E-state index contributed by atoms with van der Waals surface area (Å²) in [5, 5.41) is 4.91. The van der Waals surface area contributed by atoms with Crippen molar-refractivity contribution in [1.82, 2.24) is 5.32 Å². The van der Waals surface area contributed by atoms with Gasteiger partial charge in [0.25, 0.3) is 0 Å². The van der Waals surface area contributed by atoms with Crippen molar-refractivity contribution in [2.75, 3.05) is 6.54 Å². The van der Waals surface area contributed by atoms with Crippen LogP contribution < -0.4 is 11.1 Å². The molecule has 0 aliphatic carbocycles. The van der Waals surface area contributed by atoms with Crippen LogP contribution in [0.4, 0.5) is 0 Å². The summed E-state index contributed by atoms with van der Waals surface area (Å²) in [4.78, 5) is 12.6. The predicted octanol–water partition coefficient (Wildman–Crippen LogP) is 1.39. The van der Waals surface area contributed by atoms with E-state index in [1.54, 1.807) is 18.3 Å². The third-order valence-corrected chi connectivity index (χ3v) is 3.07. The molecule has 3 nitrogen and oxygen atoms in total.